The number of nitriles is 1. The number of pyridine rings is 1. The third kappa shape index (κ3) is 3.93. The van der Waals surface area contributed by atoms with Gasteiger partial charge in [-0.15, -0.1) is 0 Å². The highest BCUT2D eigenvalue weighted by Gasteiger charge is 2.56. The zero-order valence-corrected chi connectivity index (χ0v) is 21.5. The molecule has 5 rings (SSSR count). The molecule has 1 aromatic heterocycles. The van der Waals surface area contributed by atoms with Gasteiger partial charge < -0.3 is 20.2 Å². The van der Waals surface area contributed by atoms with Gasteiger partial charge in [0, 0.05) is 37.3 Å². The van der Waals surface area contributed by atoms with Crippen LogP contribution in [0.3, 0.4) is 0 Å². The zero-order chi connectivity index (χ0) is 27.2. The summed E-state index contributed by atoms with van der Waals surface area (Å²) < 4.78 is 0. The van der Waals surface area contributed by atoms with E-state index in [2.05, 4.69) is 16.4 Å². The van der Waals surface area contributed by atoms with Crippen LogP contribution in [-0.4, -0.2) is 63.3 Å². The summed E-state index contributed by atoms with van der Waals surface area (Å²) in [6.07, 6.45) is 2.06. The number of hydrogen-bond acceptors (Lipinski definition) is 6. The fraction of sp³-hybridized carbons (Fsp3) is 0.345. The molecule has 9 heteroatoms. The van der Waals surface area contributed by atoms with Gasteiger partial charge >= 0.3 is 0 Å². The third-order valence-electron chi connectivity index (χ3n) is 7.66. The molecular weight excluding hydrogens is 482 g/mol. The molecule has 2 aliphatic rings. The number of fused-ring (bicyclic) bond motifs is 3. The van der Waals surface area contributed by atoms with Gasteiger partial charge in [0.25, 0.3) is 5.91 Å². The maximum absolute atomic E-state index is 14.1. The van der Waals surface area contributed by atoms with Crippen molar-refractivity contribution in [3.8, 4) is 11.8 Å². The van der Waals surface area contributed by atoms with Crippen molar-refractivity contribution < 1.29 is 19.5 Å². The molecule has 2 N–H and O–H groups in total. The number of benzene rings is 2. The Kier molecular flexibility index (Phi) is 6.27. The summed E-state index contributed by atoms with van der Waals surface area (Å²) in [5.74, 6) is -1.34. The van der Waals surface area contributed by atoms with Gasteiger partial charge in [0.2, 0.25) is 11.8 Å². The van der Waals surface area contributed by atoms with Crippen LogP contribution < -0.4 is 5.32 Å². The minimum atomic E-state index is -1.01. The standard InChI is InChI=1S/C29H29N5O4/c1-17(2)13-23(33(3)26(36)20-11-10-18-7-6-12-31-24(18)25(20)35)27(37)34-16-29(14-19(34)15-30)21-8-4-5-9-22(21)32-28(29)38/h4-12,17,19,23,35H,13-14,16H2,1-3H3,(H,32,38)/t19-,23-,29-/m0/s1. The molecule has 0 unspecified atom stereocenters. The largest absolute Gasteiger partial charge is 0.505 e. The predicted molar refractivity (Wildman–Crippen MR) is 141 cm³/mol. The molecule has 1 saturated heterocycles. The molecule has 1 spiro atoms. The van der Waals surface area contributed by atoms with Crippen LogP contribution in [0.2, 0.25) is 0 Å². The van der Waals surface area contributed by atoms with E-state index in [1.54, 1.807) is 18.2 Å². The molecule has 0 radical (unpaired) electrons. The lowest BCUT2D eigenvalue weighted by molar-refractivity contribution is -0.136. The molecule has 38 heavy (non-hydrogen) atoms. The van der Waals surface area contributed by atoms with Crippen LogP contribution in [0.25, 0.3) is 10.9 Å². The topological polar surface area (TPSA) is 127 Å². The van der Waals surface area contributed by atoms with E-state index in [1.807, 2.05) is 38.1 Å². The lowest BCUT2D eigenvalue weighted by atomic mass is 9.80. The lowest BCUT2D eigenvalue weighted by Crippen LogP contribution is -2.52. The maximum atomic E-state index is 14.1. The molecule has 1 fully saturated rings. The molecule has 2 aromatic carbocycles. The van der Waals surface area contributed by atoms with E-state index in [1.165, 1.54) is 29.1 Å². The van der Waals surface area contributed by atoms with E-state index in [0.717, 1.165) is 5.56 Å². The number of aromatic hydroxyl groups is 1. The quantitative estimate of drug-likeness (QED) is 0.540. The second-order valence-corrected chi connectivity index (χ2v) is 10.5. The van der Waals surface area contributed by atoms with Gasteiger partial charge in [0.05, 0.1) is 17.0 Å². The summed E-state index contributed by atoms with van der Waals surface area (Å²) in [5.41, 5.74) is 0.795. The number of phenols is 1. The van der Waals surface area contributed by atoms with Crippen LogP contribution in [0.1, 0.15) is 42.6 Å². The van der Waals surface area contributed by atoms with E-state index in [0.29, 0.717) is 23.0 Å². The molecule has 0 saturated carbocycles. The highest BCUT2D eigenvalue weighted by atomic mass is 16.3. The molecule has 194 valence electrons. The summed E-state index contributed by atoms with van der Waals surface area (Å²) in [6.45, 7) is 3.95. The molecule has 3 aromatic rings. The van der Waals surface area contributed by atoms with Crippen LogP contribution in [0, 0.1) is 17.2 Å². The minimum Gasteiger partial charge on any atom is -0.505 e. The zero-order valence-electron chi connectivity index (χ0n) is 21.5. The van der Waals surface area contributed by atoms with E-state index in [4.69, 9.17) is 0 Å². The van der Waals surface area contributed by atoms with Gasteiger partial charge in [-0.3, -0.25) is 19.4 Å². The monoisotopic (exact) mass is 511 g/mol. The van der Waals surface area contributed by atoms with Crippen molar-refractivity contribution in [1.29, 1.82) is 5.26 Å². The van der Waals surface area contributed by atoms with Gasteiger partial charge in [-0.25, -0.2) is 0 Å². The molecule has 3 atom stereocenters. The first-order valence-electron chi connectivity index (χ1n) is 12.6. The van der Waals surface area contributed by atoms with E-state index in [-0.39, 0.29) is 36.1 Å². The number of carbonyl (C=O) groups is 3. The fourth-order valence-corrected chi connectivity index (χ4v) is 5.68. The molecule has 3 amide bonds. The number of likely N-dealkylation sites (N-methyl/N-ethyl adjacent to an activating group) is 1. The average Bonchev–Trinajstić information content (AvgIpc) is 3.44. The molecule has 3 heterocycles. The normalized spacial score (nSPS) is 20.9. The number of hydrogen-bond donors (Lipinski definition) is 2. The number of nitrogens with zero attached hydrogens (tertiary/aromatic N) is 4. The first-order valence-corrected chi connectivity index (χ1v) is 12.6. The smallest absolute Gasteiger partial charge is 0.258 e. The lowest BCUT2D eigenvalue weighted by Gasteiger charge is -2.33. The Hall–Kier alpha value is -4.45. The van der Waals surface area contributed by atoms with Gasteiger partial charge in [-0.2, -0.15) is 5.26 Å². The van der Waals surface area contributed by atoms with Gasteiger partial charge in [0.15, 0.2) is 5.75 Å². The minimum absolute atomic E-state index is 0.0408. The summed E-state index contributed by atoms with van der Waals surface area (Å²) >= 11 is 0. The predicted octanol–water partition coefficient (Wildman–Crippen LogP) is 3.44. The van der Waals surface area contributed by atoms with Gasteiger partial charge in [-0.05, 0) is 36.1 Å². The number of carbonyl (C=O) groups excluding carboxylic acids is 3. The van der Waals surface area contributed by atoms with Crippen molar-refractivity contribution in [2.75, 3.05) is 18.9 Å². The Morgan fingerprint density at radius 2 is 2.00 bits per heavy atom. The van der Waals surface area contributed by atoms with E-state index in [9.17, 15) is 24.8 Å². The van der Waals surface area contributed by atoms with Gasteiger partial charge in [-0.1, -0.05) is 44.2 Å². The van der Waals surface area contributed by atoms with Crippen molar-refractivity contribution in [3.05, 3.63) is 65.9 Å². The molecule has 2 aliphatic heterocycles. The Morgan fingerprint density at radius 3 is 2.74 bits per heavy atom. The highest BCUT2D eigenvalue weighted by molar-refractivity contribution is 6.08. The second kappa shape index (κ2) is 9.45. The van der Waals surface area contributed by atoms with Crippen molar-refractivity contribution in [2.24, 2.45) is 5.92 Å². The molecular formula is C29H29N5O4. The first kappa shape index (κ1) is 25.2. The summed E-state index contributed by atoms with van der Waals surface area (Å²) in [7, 11) is 1.53. The van der Waals surface area contributed by atoms with Crippen molar-refractivity contribution in [3.63, 3.8) is 0 Å². The number of phenolic OH excluding ortho intramolecular Hbond substituents is 1. The van der Waals surface area contributed by atoms with Crippen LogP contribution in [0.4, 0.5) is 5.69 Å². The Balaban J connectivity index is 1.48. The van der Waals surface area contributed by atoms with E-state index < -0.39 is 29.3 Å². The Bertz CT molecular complexity index is 1500. The molecule has 9 nitrogen and oxygen atoms in total. The Morgan fingerprint density at radius 1 is 1.24 bits per heavy atom. The van der Waals surface area contributed by atoms with Crippen molar-refractivity contribution in [1.82, 2.24) is 14.8 Å². The third-order valence-corrected chi connectivity index (χ3v) is 7.66. The molecule has 0 bridgehead atoms. The van der Waals surface area contributed by atoms with Crippen molar-refractivity contribution in [2.45, 2.75) is 44.2 Å². The van der Waals surface area contributed by atoms with Crippen LogP contribution in [0.5, 0.6) is 5.75 Å². The Labute approximate surface area is 220 Å². The number of nitrogens with one attached hydrogen (secondary N) is 1. The number of aromatic nitrogens is 1. The summed E-state index contributed by atoms with van der Waals surface area (Å²) in [6, 6.07) is 14.6. The number of rotatable bonds is 5. The van der Waals surface area contributed by atoms with Crippen LogP contribution >= 0.6 is 0 Å². The highest BCUT2D eigenvalue weighted by Crippen LogP contribution is 2.46. The first-order chi connectivity index (χ1) is 18.2. The number of anilines is 1. The van der Waals surface area contributed by atoms with Crippen LogP contribution in [-0.2, 0) is 15.0 Å². The average molecular weight is 512 g/mol. The van der Waals surface area contributed by atoms with E-state index >= 15 is 0 Å². The summed E-state index contributed by atoms with van der Waals surface area (Å²) in [5, 5.41) is 24.4. The number of amides is 3. The van der Waals surface area contributed by atoms with Crippen LogP contribution in [0.15, 0.2) is 54.7 Å². The SMILES string of the molecule is CC(C)C[C@@H](C(=O)N1C[C@]2(C[C@H]1C#N)C(=O)Nc1ccccc12)N(C)C(=O)c1ccc2cccnc2c1O. The molecule has 0 aliphatic carbocycles. The van der Waals surface area contributed by atoms with Crippen molar-refractivity contribution >= 4 is 34.3 Å². The van der Waals surface area contributed by atoms with Gasteiger partial charge in [0.1, 0.15) is 17.6 Å². The fourth-order valence-electron chi connectivity index (χ4n) is 5.68. The summed E-state index contributed by atoms with van der Waals surface area (Å²) in [4.78, 5) is 47.8. The number of likely N-dealkylation sites (tertiary alicyclic amines) is 1. The maximum Gasteiger partial charge on any atom is 0.258 e. The number of para-hydroxylation sites is 1. The second-order valence-electron chi connectivity index (χ2n) is 10.5.